The Morgan fingerprint density at radius 1 is 1.33 bits per heavy atom. The van der Waals surface area contributed by atoms with Gasteiger partial charge in [0, 0.05) is 25.2 Å². The van der Waals surface area contributed by atoms with E-state index in [-0.39, 0.29) is 4.90 Å². The first-order chi connectivity index (χ1) is 9.94. The molecule has 0 amide bonds. The zero-order valence-electron chi connectivity index (χ0n) is 13.1. The van der Waals surface area contributed by atoms with E-state index in [1.807, 2.05) is 18.9 Å². The number of hydrogen-bond donors (Lipinski definition) is 2. The molecule has 0 aromatic heterocycles. The van der Waals surface area contributed by atoms with E-state index in [9.17, 15) is 8.42 Å². The summed E-state index contributed by atoms with van der Waals surface area (Å²) < 4.78 is 32.4. The smallest absolute Gasteiger partial charge is 0.240 e. The molecule has 21 heavy (non-hydrogen) atoms. The van der Waals surface area contributed by atoms with Crippen LogP contribution >= 0.6 is 0 Å². The first kappa shape index (κ1) is 17.9. The molecule has 0 aliphatic carbocycles. The molecular formula is C14H25N3O3S. The minimum absolute atomic E-state index is 0.257. The van der Waals surface area contributed by atoms with E-state index in [1.165, 1.54) is 0 Å². The second-order valence-corrected chi connectivity index (χ2v) is 6.56. The highest BCUT2D eigenvalue weighted by Gasteiger charge is 2.16. The molecule has 0 spiro atoms. The Kier molecular flexibility index (Phi) is 7.10. The number of likely N-dealkylation sites (N-methyl/N-ethyl adjacent to an activating group) is 1. The van der Waals surface area contributed by atoms with Gasteiger partial charge in [-0.25, -0.2) is 13.1 Å². The summed E-state index contributed by atoms with van der Waals surface area (Å²) in [6, 6.07) is 4.88. The third kappa shape index (κ3) is 5.28. The molecule has 0 heterocycles. The minimum atomic E-state index is -3.49. The highest BCUT2D eigenvalue weighted by atomic mass is 32.2. The third-order valence-corrected chi connectivity index (χ3v) is 4.71. The zero-order valence-corrected chi connectivity index (χ0v) is 14.0. The molecule has 1 rings (SSSR count). The summed E-state index contributed by atoms with van der Waals surface area (Å²) in [4.78, 5) is 2.30. The van der Waals surface area contributed by atoms with E-state index in [2.05, 4.69) is 10.0 Å². The second kappa shape index (κ2) is 8.33. The maximum atomic E-state index is 12.3. The monoisotopic (exact) mass is 315 g/mol. The average Bonchev–Trinajstić information content (AvgIpc) is 2.47. The summed E-state index contributed by atoms with van der Waals surface area (Å²) in [5, 5.41) is 3.00. The molecule has 0 saturated carbocycles. The van der Waals surface area contributed by atoms with Gasteiger partial charge in [0.15, 0.2) is 0 Å². The fraction of sp³-hybridized carbons (Fsp3) is 0.571. The van der Waals surface area contributed by atoms with E-state index in [1.54, 1.807) is 32.4 Å². The Labute approximate surface area is 127 Å². The van der Waals surface area contributed by atoms with Gasteiger partial charge in [-0.05, 0) is 38.8 Å². The van der Waals surface area contributed by atoms with Gasteiger partial charge in [-0.2, -0.15) is 0 Å². The summed E-state index contributed by atoms with van der Waals surface area (Å²) in [6.45, 7) is 4.53. The maximum absolute atomic E-state index is 12.3. The van der Waals surface area contributed by atoms with Crippen molar-refractivity contribution in [3.05, 3.63) is 23.8 Å². The summed E-state index contributed by atoms with van der Waals surface area (Å²) in [5.41, 5.74) is 0.813. The molecule has 0 aliphatic rings. The molecule has 6 nitrogen and oxygen atoms in total. The normalized spacial score (nSPS) is 11.9. The van der Waals surface area contributed by atoms with E-state index in [0.717, 1.165) is 12.1 Å². The second-order valence-electron chi connectivity index (χ2n) is 4.80. The molecule has 0 fully saturated rings. The van der Waals surface area contributed by atoms with Gasteiger partial charge in [-0.15, -0.1) is 0 Å². The lowest BCUT2D eigenvalue weighted by molar-refractivity contribution is 0.358. The van der Waals surface area contributed by atoms with Crippen molar-refractivity contribution in [1.82, 2.24) is 14.9 Å². The van der Waals surface area contributed by atoms with Crippen molar-refractivity contribution >= 4 is 10.0 Å². The Bertz CT molecular complexity index is 546. The minimum Gasteiger partial charge on any atom is -0.496 e. The SMILES string of the molecule is CCN(C)CCNS(=O)(=O)c1ccc(OC)c(CNC)c1. The van der Waals surface area contributed by atoms with Gasteiger partial charge < -0.3 is 15.0 Å². The number of nitrogens with one attached hydrogen (secondary N) is 2. The van der Waals surface area contributed by atoms with Crippen LogP contribution in [0.4, 0.5) is 0 Å². The number of ether oxygens (including phenoxy) is 1. The van der Waals surface area contributed by atoms with Crippen molar-refractivity contribution in [3.63, 3.8) is 0 Å². The third-order valence-electron chi connectivity index (χ3n) is 3.25. The predicted octanol–water partition coefficient (Wildman–Crippen LogP) is 0.645. The number of rotatable bonds is 9. The van der Waals surface area contributed by atoms with Crippen LogP contribution in [0.15, 0.2) is 23.1 Å². The van der Waals surface area contributed by atoms with Crippen molar-refractivity contribution in [3.8, 4) is 5.75 Å². The highest BCUT2D eigenvalue weighted by molar-refractivity contribution is 7.89. The van der Waals surface area contributed by atoms with Gasteiger partial charge in [0.05, 0.1) is 12.0 Å². The summed E-state index contributed by atoms with van der Waals surface area (Å²) >= 11 is 0. The van der Waals surface area contributed by atoms with Gasteiger partial charge in [-0.3, -0.25) is 0 Å². The van der Waals surface area contributed by atoms with Crippen molar-refractivity contribution in [2.24, 2.45) is 0 Å². The number of sulfonamides is 1. The molecule has 0 aliphatic heterocycles. The Morgan fingerprint density at radius 3 is 2.62 bits per heavy atom. The lowest BCUT2D eigenvalue weighted by Gasteiger charge is -2.15. The molecule has 0 radical (unpaired) electrons. The zero-order chi connectivity index (χ0) is 15.9. The van der Waals surface area contributed by atoms with E-state index in [0.29, 0.717) is 25.4 Å². The van der Waals surface area contributed by atoms with Gasteiger partial charge in [0.1, 0.15) is 5.75 Å². The topological polar surface area (TPSA) is 70.7 Å². The molecule has 1 aromatic carbocycles. The van der Waals surface area contributed by atoms with E-state index >= 15 is 0 Å². The van der Waals surface area contributed by atoms with Gasteiger partial charge in [0.2, 0.25) is 10.0 Å². The van der Waals surface area contributed by atoms with E-state index in [4.69, 9.17) is 4.74 Å². The van der Waals surface area contributed by atoms with Crippen LogP contribution < -0.4 is 14.8 Å². The van der Waals surface area contributed by atoms with Crippen molar-refractivity contribution in [2.45, 2.75) is 18.4 Å². The van der Waals surface area contributed by atoms with Crippen LogP contribution in [-0.4, -0.2) is 54.2 Å². The van der Waals surface area contributed by atoms with Crippen LogP contribution in [0, 0.1) is 0 Å². The largest absolute Gasteiger partial charge is 0.496 e. The number of nitrogens with zero attached hydrogens (tertiary/aromatic N) is 1. The lowest BCUT2D eigenvalue weighted by atomic mass is 10.2. The molecular weight excluding hydrogens is 290 g/mol. The number of benzene rings is 1. The predicted molar refractivity (Wildman–Crippen MR) is 84.1 cm³/mol. The van der Waals surface area contributed by atoms with Crippen LogP contribution in [0.1, 0.15) is 12.5 Å². The standard InChI is InChI=1S/C14H25N3O3S/c1-5-17(3)9-8-16-21(18,19)13-6-7-14(20-4)12(10-13)11-15-2/h6-7,10,15-16H,5,8-9,11H2,1-4H3. The molecule has 7 heteroatoms. The first-order valence-electron chi connectivity index (χ1n) is 6.94. The van der Waals surface area contributed by atoms with Gasteiger partial charge in [0.25, 0.3) is 0 Å². The van der Waals surface area contributed by atoms with Crippen LogP contribution in [0.25, 0.3) is 0 Å². The molecule has 0 bridgehead atoms. The van der Waals surface area contributed by atoms with Crippen molar-refractivity contribution in [1.29, 1.82) is 0 Å². The first-order valence-corrected chi connectivity index (χ1v) is 8.42. The van der Waals surface area contributed by atoms with Crippen LogP contribution in [0.5, 0.6) is 5.75 Å². The lowest BCUT2D eigenvalue weighted by Crippen LogP contribution is -2.33. The van der Waals surface area contributed by atoms with Crippen LogP contribution in [-0.2, 0) is 16.6 Å². The number of methoxy groups -OCH3 is 1. The molecule has 2 N–H and O–H groups in total. The van der Waals surface area contributed by atoms with Crippen LogP contribution in [0.2, 0.25) is 0 Å². The highest BCUT2D eigenvalue weighted by Crippen LogP contribution is 2.22. The molecule has 0 saturated heterocycles. The fourth-order valence-electron chi connectivity index (χ4n) is 1.86. The van der Waals surface area contributed by atoms with Crippen molar-refractivity contribution < 1.29 is 13.2 Å². The Morgan fingerprint density at radius 2 is 2.05 bits per heavy atom. The van der Waals surface area contributed by atoms with Gasteiger partial charge >= 0.3 is 0 Å². The van der Waals surface area contributed by atoms with Crippen molar-refractivity contribution in [2.75, 3.05) is 40.8 Å². The van der Waals surface area contributed by atoms with Crippen LogP contribution in [0.3, 0.4) is 0 Å². The quantitative estimate of drug-likeness (QED) is 0.700. The summed E-state index contributed by atoms with van der Waals surface area (Å²) in [6.07, 6.45) is 0. The molecule has 0 unspecified atom stereocenters. The molecule has 120 valence electrons. The Hall–Kier alpha value is -1.15. The Balaban J connectivity index is 2.85. The van der Waals surface area contributed by atoms with Gasteiger partial charge in [-0.1, -0.05) is 6.92 Å². The average molecular weight is 315 g/mol. The maximum Gasteiger partial charge on any atom is 0.240 e. The summed E-state index contributed by atoms with van der Waals surface area (Å²) in [5.74, 6) is 0.675. The van der Waals surface area contributed by atoms with E-state index < -0.39 is 10.0 Å². The molecule has 1 aromatic rings. The number of hydrogen-bond acceptors (Lipinski definition) is 5. The summed E-state index contributed by atoms with van der Waals surface area (Å²) in [7, 11) is 1.84. The fourth-order valence-corrected chi connectivity index (χ4v) is 2.93. The molecule has 0 atom stereocenters.